The Morgan fingerprint density at radius 3 is 2.04 bits per heavy atom. The van der Waals surface area contributed by atoms with Crippen LogP contribution in [0.4, 0.5) is 0 Å². The van der Waals surface area contributed by atoms with Gasteiger partial charge in [0.05, 0.1) is 10.6 Å². The second kappa shape index (κ2) is 8.86. The topological polar surface area (TPSA) is 80.8 Å². The third-order valence-electron chi connectivity index (χ3n) is 4.27. The summed E-state index contributed by atoms with van der Waals surface area (Å²) in [5, 5.41) is 0. The summed E-state index contributed by atoms with van der Waals surface area (Å²) in [6.45, 7) is 5.49. The van der Waals surface area contributed by atoms with Crippen molar-refractivity contribution in [3.63, 3.8) is 0 Å². The first kappa shape index (κ1) is 21.4. The zero-order valence-electron chi connectivity index (χ0n) is 15.7. The van der Waals surface area contributed by atoms with Gasteiger partial charge in [0.2, 0.25) is 10.0 Å². The Balaban J connectivity index is 2.27. The summed E-state index contributed by atoms with van der Waals surface area (Å²) < 4.78 is 55.6. The molecule has 0 saturated heterocycles. The standard InChI is InChI=1S/C19H25NO5S2/c1-4-16(3)20(27(23,24)19-9-7-6-8-10-19)15-17-11-13-18(14-12-17)25-26(21,22)5-2/h6-14,16H,4-5,15H2,1-3H3/t16-/m0/s1. The van der Waals surface area contributed by atoms with Crippen molar-refractivity contribution in [3.8, 4) is 5.75 Å². The Morgan fingerprint density at radius 1 is 0.926 bits per heavy atom. The molecule has 0 aromatic heterocycles. The Kier molecular flexibility index (Phi) is 7.02. The summed E-state index contributed by atoms with van der Waals surface area (Å²) in [5.41, 5.74) is 0.746. The lowest BCUT2D eigenvalue weighted by atomic mass is 10.2. The number of rotatable bonds is 9. The van der Waals surface area contributed by atoms with E-state index >= 15 is 0 Å². The lowest BCUT2D eigenvalue weighted by Gasteiger charge is -2.28. The van der Waals surface area contributed by atoms with Crippen LogP contribution < -0.4 is 4.18 Å². The molecule has 0 unspecified atom stereocenters. The van der Waals surface area contributed by atoms with E-state index in [-0.39, 0.29) is 29.0 Å². The Bertz CT molecular complexity index is 939. The molecule has 0 spiro atoms. The molecule has 0 N–H and O–H groups in total. The molecule has 0 bridgehead atoms. The molecular weight excluding hydrogens is 386 g/mol. The third-order valence-corrected chi connectivity index (χ3v) is 7.40. The van der Waals surface area contributed by atoms with Crippen LogP contribution in [0.15, 0.2) is 59.5 Å². The molecule has 148 valence electrons. The maximum atomic E-state index is 13.1. The molecule has 0 aliphatic rings. The van der Waals surface area contributed by atoms with Gasteiger partial charge in [-0.2, -0.15) is 12.7 Å². The van der Waals surface area contributed by atoms with Crippen LogP contribution in [0.2, 0.25) is 0 Å². The molecule has 2 aromatic rings. The highest BCUT2D eigenvalue weighted by atomic mass is 32.2. The second-order valence-corrected chi connectivity index (χ2v) is 9.94. The molecule has 2 rings (SSSR count). The van der Waals surface area contributed by atoms with Gasteiger partial charge in [0.25, 0.3) is 0 Å². The molecule has 8 heteroatoms. The molecule has 6 nitrogen and oxygen atoms in total. The van der Waals surface area contributed by atoms with Gasteiger partial charge in [-0.25, -0.2) is 8.42 Å². The van der Waals surface area contributed by atoms with Crippen molar-refractivity contribution in [2.75, 3.05) is 5.75 Å². The molecule has 0 saturated carbocycles. The normalized spacial score (nSPS) is 13.5. The van der Waals surface area contributed by atoms with Crippen molar-refractivity contribution >= 4 is 20.1 Å². The van der Waals surface area contributed by atoms with Crippen LogP contribution in [0.3, 0.4) is 0 Å². The second-order valence-electron chi connectivity index (χ2n) is 6.19. The average molecular weight is 412 g/mol. The lowest BCUT2D eigenvalue weighted by molar-refractivity contribution is 0.323. The molecule has 0 aliphatic heterocycles. The van der Waals surface area contributed by atoms with E-state index in [1.54, 1.807) is 42.5 Å². The van der Waals surface area contributed by atoms with Crippen LogP contribution in [0.5, 0.6) is 5.75 Å². The maximum absolute atomic E-state index is 13.1. The van der Waals surface area contributed by atoms with E-state index in [0.29, 0.717) is 6.42 Å². The van der Waals surface area contributed by atoms with E-state index < -0.39 is 20.1 Å². The summed E-state index contributed by atoms with van der Waals surface area (Å²) in [6.07, 6.45) is 0.669. The largest absolute Gasteiger partial charge is 0.382 e. The Labute approximate surface area is 162 Å². The quantitative estimate of drug-likeness (QED) is 0.591. The van der Waals surface area contributed by atoms with E-state index in [2.05, 4.69) is 0 Å². The van der Waals surface area contributed by atoms with Crippen LogP contribution in [-0.2, 0) is 26.7 Å². The Morgan fingerprint density at radius 2 is 1.52 bits per heavy atom. The molecule has 27 heavy (non-hydrogen) atoms. The van der Waals surface area contributed by atoms with Crippen LogP contribution in [0.1, 0.15) is 32.8 Å². The number of hydrogen-bond donors (Lipinski definition) is 0. The van der Waals surface area contributed by atoms with E-state index in [1.807, 2.05) is 13.8 Å². The van der Waals surface area contributed by atoms with Crippen LogP contribution in [-0.4, -0.2) is 32.9 Å². The zero-order valence-corrected chi connectivity index (χ0v) is 17.3. The van der Waals surface area contributed by atoms with Gasteiger partial charge in [0, 0.05) is 12.6 Å². The van der Waals surface area contributed by atoms with E-state index in [9.17, 15) is 16.8 Å². The highest BCUT2D eigenvalue weighted by molar-refractivity contribution is 7.89. The van der Waals surface area contributed by atoms with Crippen molar-refractivity contribution in [1.82, 2.24) is 4.31 Å². The maximum Gasteiger partial charge on any atom is 0.308 e. The highest BCUT2D eigenvalue weighted by Gasteiger charge is 2.28. The monoisotopic (exact) mass is 411 g/mol. The predicted octanol–water partition coefficient (Wildman–Crippen LogP) is 3.40. The fourth-order valence-electron chi connectivity index (χ4n) is 2.45. The third kappa shape index (κ3) is 5.54. The van der Waals surface area contributed by atoms with Gasteiger partial charge in [0.1, 0.15) is 5.75 Å². The minimum Gasteiger partial charge on any atom is -0.382 e. The van der Waals surface area contributed by atoms with Gasteiger partial charge < -0.3 is 4.18 Å². The SMILES string of the molecule is CC[C@H](C)N(Cc1ccc(OS(=O)(=O)CC)cc1)S(=O)(=O)c1ccccc1. The summed E-state index contributed by atoms with van der Waals surface area (Å²) in [7, 11) is -7.24. The van der Waals surface area contributed by atoms with Gasteiger partial charge in [-0.15, -0.1) is 0 Å². The van der Waals surface area contributed by atoms with Crippen molar-refractivity contribution in [1.29, 1.82) is 0 Å². The molecule has 0 aliphatic carbocycles. The molecule has 1 atom stereocenters. The molecular formula is C19H25NO5S2. The minimum atomic E-state index is -3.65. The molecule has 0 heterocycles. The van der Waals surface area contributed by atoms with E-state index in [0.717, 1.165) is 5.56 Å². The fourth-order valence-corrected chi connectivity index (χ4v) is 4.68. The number of sulfonamides is 1. The summed E-state index contributed by atoms with van der Waals surface area (Å²) in [5.74, 6) is 0.0906. The first-order valence-electron chi connectivity index (χ1n) is 8.77. The fraction of sp³-hybridized carbons (Fsp3) is 0.368. The summed E-state index contributed by atoms with van der Waals surface area (Å²) in [6, 6.07) is 14.6. The van der Waals surface area contributed by atoms with Gasteiger partial charge in [-0.3, -0.25) is 0 Å². The minimum absolute atomic E-state index is 0.119. The molecule has 0 amide bonds. The van der Waals surface area contributed by atoms with Gasteiger partial charge in [-0.05, 0) is 50.1 Å². The molecule has 0 fully saturated rings. The predicted molar refractivity (Wildman–Crippen MR) is 105 cm³/mol. The van der Waals surface area contributed by atoms with E-state index in [4.69, 9.17) is 4.18 Å². The summed E-state index contributed by atoms with van der Waals surface area (Å²) >= 11 is 0. The number of nitrogens with zero attached hydrogens (tertiary/aromatic N) is 1. The van der Waals surface area contributed by atoms with Crippen molar-refractivity contribution in [3.05, 3.63) is 60.2 Å². The lowest BCUT2D eigenvalue weighted by Crippen LogP contribution is -2.37. The average Bonchev–Trinajstić information content (AvgIpc) is 2.67. The summed E-state index contributed by atoms with van der Waals surface area (Å²) in [4.78, 5) is 0.249. The number of hydrogen-bond acceptors (Lipinski definition) is 5. The van der Waals surface area contributed by atoms with Crippen LogP contribution in [0, 0.1) is 0 Å². The van der Waals surface area contributed by atoms with Gasteiger partial charge in [-0.1, -0.05) is 37.3 Å². The van der Waals surface area contributed by atoms with Crippen LogP contribution >= 0.6 is 0 Å². The number of benzene rings is 2. The zero-order chi connectivity index (χ0) is 20.1. The van der Waals surface area contributed by atoms with E-state index in [1.165, 1.54) is 23.4 Å². The van der Waals surface area contributed by atoms with Gasteiger partial charge >= 0.3 is 10.1 Å². The smallest absolute Gasteiger partial charge is 0.308 e. The first-order valence-corrected chi connectivity index (χ1v) is 11.8. The Hall–Kier alpha value is -1.90. The highest BCUT2D eigenvalue weighted by Crippen LogP contribution is 2.23. The van der Waals surface area contributed by atoms with Crippen LogP contribution in [0.25, 0.3) is 0 Å². The van der Waals surface area contributed by atoms with Crippen molar-refractivity contribution < 1.29 is 21.0 Å². The molecule has 2 aromatic carbocycles. The first-order chi connectivity index (χ1) is 12.7. The van der Waals surface area contributed by atoms with Crippen molar-refractivity contribution in [2.45, 2.75) is 44.7 Å². The van der Waals surface area contributed by atoms with Crippen molar-refractivity contribution in [2.24, 2.45) is 0 Å². The molecule has 0 radical (unpaired) electrons. The van der Waals surface area contributed by atoms with Gasteiger partial charge in [0.15, 0.2) is 0 Å².